The molecule has 0 aliphatic carbocycles. The number of benzene rings is 2. The van der Waals surface area contributed by atoms with Gasteiger partial charge in [0.2, 0.25) is 0 Å². The van der Waals surface area contributed by atoms with Crippen molar-refractivity contribution in [3.63, 3.8) is 0 Å². The number of halogens is 3. The average Bonchev–Trinajstić information content (AvgIpc) is 2.39. The minimum absolute atomic E-state index is 0.139. The quantitative estimate of drug-likeness (QED) is 0.664. The molecule has 5 nitrogen and oxygen atoms in total. The van der Waals surface area contributed by atoms with Crippen LogP contribution in [0.2, 0.25) is 5.02 Å². The number of hydrogen-bond donors (Lipinski definition) is 2. The number of nitrogens with one attached hydrogen (secondary N) is 1. The van der Waals surface area contributed by atoms with E-state index in [0.29, 0.717) is 12.1 Å². The molecule has 0 bridgehead atoms. The topological polar surface area (TPSA) is 75.4 Å². The highest BCUT2D eigenvalue weighted by molar-refractivity contribution is 6.31. The van der Waals surface area contributed by atoms with Crippen LogP contribution in [0.4, 0.5) is 20.2 Å². The first-order valence-corrected chi connectivity index (χ1v) is 6.11. The highest BCUT2D eigenvalue weighted by Crippen LogP contribution is 2.31. The van der Waals surface area contributed by atoms with Gasteiger partial charge in [-0.15, -0.1) is 0 Å². The standard InChI is InChI=1S/C13H9ClF2N2O3/c14-9-2-1-3-12(19)8(9)6-17-13-10(16)4-7(15)5-11(13)18(20)21/h1-5,17,19H,6H2. The van der Waals surface area contributed by atoms with Crippen molar-refractivity contribution >= 4 is 23.0 Å². The zero-order valence-corrected chi connectivity index (χ0v) is 11.2. The van der Waals surface area contributed by atoms with Crippen LogP contribution >= 0.6 is 11.6 Å². The Morgan fingerprint density at radius 2 is 2.05 bits per heavy atom. The summed E-state index contributed by atoms with van der Waals surface area (Å²) in [6, 6.07) is 5.54. The first-order valence-electron chi connectivity index (χ1n) is 5.74. The summed E-state index contributed by atoms with van der Waals surface area (Å²) in [7, 11) is 0. The van der Waals surface area contributed by atoms with Crippen LogP contribution in [0, 0.1) is 21.7 Å². The molecule has 0 radical (unpaired) electrons. The van der Waals surface area contributed by atoms with Crippen molar-refractivity contribution in [1.82, 2.24) is 0 Å². The second-order valence-corrected chi connectivity index (χ2v) is 4.54. The smallest absolute Gasteiger partial charge is 0.298 e. The predicted octanol–water partition coefficient (Wildman–Crippen LogP) is 3.84. The van der Waals surface area contributed by atoms with E-state index in [2.05, 4.69) is 5.32 Å². The van der Waals surface area contributed by atoms with Gasteiger partial charge in [-0.3, -0.25) is 10.1 Å². The van der Waals surface area contributed by atoms with E-state index in [9.17, 15) is 24.0 Å². The number of hydrogen-bond acceptors (Lipinski definition) is 4. The van der Waals surface area contributed by atoms with E-state index in [-0.39, 0.29) is 22.9 Å². The molecule has 2 N–H and O–H groups in total. The van der Waals surface area contributed by atoms with E-state index in [1.165, 1.54) is 18.2 Å². The van der Waals surface area contributed by atoms with Crippen LogP contribution in [0.5, 0.6) is 5.75 Å². The molecule has 0 aliphatic rings. The van der Waals surface area contributed by atoms with Crippen LogP contribution in [0.25, 0.3) is 0 Å². The maximum Gasteiger partial charge on any atom is 0.298 e. The molecule has 8 heteroatoms. The Bertz CT molecular complexity index is 690. The van der Waals surface area contributed by atoms with E-state index in [0.717, 1.165) is 0 Å². The lowest BCUT2D eigenvalue weighted by atomic mass is 10.2. The van der Waals surface area contributed by atoms with Crippen LogP contribution in [0.3, 0.4) is 0 Å². The Labute approximate surface area is 122 Å². The highest BCUT2D eigenvalue weighted by Gasteiger charge is 2.20. The summed E-state index contributed by atoms with van der Waals surface area (Å²) < 4.78 is 26.7. The second kappa shape index (κ2) is 5.92. The molecule has 0 aromatic heterocycles. The van der Waals surface area contributed by atoms with Crippen molar-refractivity contribution in [3.05, 3.63) is 62.7 Å². The van der Waals surface area contributed by atoms with Gasteiger partial charge in [0, 0.05) is 23.2 Å². The predicted molar refractivity (Wildman–Crippen MR) is 73.5 cm³/mol. The zero-order chi connectivity index (χ0) is 15.6. The molecule has 0 unspecified atom stereocenters. The summed E-state index contributed by atoms with van der Waals surface area (Å²) in [5, 5.41) is 23.2. The third kappa shape index (κ3) is 3.19. The zero-order valence-electron chi connectivity index (χ0n) is 10.4. The SMILES string of the molecule is O=[N+]([O-])c1cc(F)cc(F)c1NCc1c(O)cccc1Cl. The van der Waals surface area contributed by atoms with E-state index < -0.39 is 27.9 Å². The molecule has 110 valence electrons. The second-order valence-electron chi connectivity index (χ2n) is 4.13. The van der Waals surface area contributed by atoms with E-state index >= 15 is 0 Å². The Morgan fingerprint density at radius 1 is 1.33 bits per heavy atom. The molecule has 2 aromatic carbocycles. The lowest BCUT2D eigenvalue weighted by Gasteiger charge is -2.11. The molecule has 0 saturated heterocycles. The highest BCUT2D eigenvalue weighted by atomic mass is 35.5. The minimum Gasteiger partial charge on any atom is -0.508 e. The molecular formula is C13H9ClF2N2O3. The number of nitro groups is 1. The van der Waals surface area contributed by atoms with Gasteiger partial charge in [0.05, 0.1) is 11.0 Å². The summed E-state index contributed by atoms with van der Waals surface area (Å²) >= 11 is 5.88. The van der Waals surface area contributed by atoms with Crippen molar-refractivity contribution in [2.45, 2.75) is 6.54 Å². The maximum absolute atomic E-state index is 13.7. The Hall–Kier alpha value is -2.41. The molecule has 0 heterocycles. The van der Waals surface area contributed by atoms with Crippen molar-refractivity contribution < 1.29 is 18.8 Å². The maximum atomic E-state index is 13.7. The van der Waals surface area contributed by atoms with Crippen molar-refractivity contribution in [2.75, 3.05) is 5.32 Å². The Kier molecular flexibility index (Phi) is 4.23. The van der Waals surface area contributed by atoms with Gasteiger partial charge in [-0.2, -0.15) is 0 Å². The molecule has 0 saturated carbocycles. The van der Waals surface area contributed by atoms with Crippen LogP contribution in [0.15, 0.2) is 30.3 Å². The number of rotatable bonds is 4. The van der Waals surface area contributed by atoms with Crippen LogP contribution in [-0.2, 0) is 6.54 Å². The van der Waals surface area contributed by atoms with E-state index in [4.69, 9.17) is 11.6 Å². The number of phenols is 1. The number of nitro benzene ring substituents is 1. The lowest BCUT2D eigenvalue weighted by Crippen LogP contribution is -2.06. The van der Waals surface area contributed by atoms with Gasteiger partial charge in [0.1, 0.15) is 17.3 Å². The minimum atomic E-state index is -1.10. The first-order chi connectivity index (χ1) is 9.90. The molecule has 0 atom stereocenters. The van der Waals surface area contributed by atoms with Gasteiger partial charge in [-0.1, -0.05) is 17.7 Å². The van der Waals surface area contributed by atoms with Gasteiger partial charge in [0.25, 0.3) is 5.69 Å². The Balaban J connectivity index is 2.34. The van der Waals surface area contributed by atoms with Gasteiger partial charge in [-0.05, 0) is 12.1 Å². The van der Waals surface area contributed by atoms with Gasteiger partial charge in [-0.25, -0.2) is 8.78 Å². The van der Waals surface area contributed by atoms with Crippen molar-refractivity contribution in [1.29, 1.82) is 0 Å². The number of phenolic OH excluding ortho intramolecular Hbond substituents is 1. The molecule has 2 aromatic rings. The van der Waals surface area contributed by atoms with Crippen LogP contribution < -0.4 is 5.32 Å². The number of nitrogens with zero attached hydrogens (tertiary/aromatic N) is 1. The summed E-state index contributed by atoms with van der Waals surface area (Å²) in [5.41, 5.74) is -0.961. The van der Waals surface area contributed by atoms with Crippen molar-refractivity contribution in [3.8, 4) is 5.75 Å². The van der Waals surface area contributed by atoms with Crippen LogP contribution in [-0.4, -0.2) is 10.0 Å². The van der Waals surface area contributed by atoms with Crippen LogP contribution in [0.1, 0.15) is 5.56 Å². The number of aromatic hydroxyl groups is 1. The summed E-state index contributed by atoms with van der Waals surface area (Å²) in [6.45, 7) is -0.158. The Morgan fingerprint density at radius 3 is 2.67 bits per heavy atom. The molecule has 0 spiro atoms. The third-order valence-electron chi connectivity index (χ3n) is 2.77. The van der Waals surface area contributed by atoms with Crippen molar-refractivity contribution in [2.24, 2.45) is 0 Å². The molecule has 0 amide bonds. The fraction of sp³-hybridized carbons (Fsp3) is 0.0769. The molecule has 2 rings (SSSR count). The van der Waals surface area contributed by atoms with Gasteiger partial charge < -0.3 is 10.4 Å². The lowest BCUT2D eigenvalue weighted by molar-refractivity contribution is -0.384. The number of anilines is 1. The monoisotopic (exact) mass is 314 g/mol. The fourth-order valence-corrected chi connectivity index (χ4v) is 2.01. The molecular weight excluding hydrogens is 306 g/mol. The average molecular weight is 315 g/mol. The molecule has 0 fully saturated rings. The summed E-state index contributed by atoms with van der Waals surface area (Å²) in [5.74, 6) is -2.29. The summed E-state index contributed by atoms with van der Waals surface area (Å²) in [4.78, 5) is 9.93. The fourth-order valence-electron chi connectivity index (χ4n) is 1.78. The molecule has 0 aliphatic heterocycles. The summed E-state index contributed by atoms with van der Waals surface area (Å²) in [6.07, 6.45) is 0. The van der Waals surface area contributed by atoms with Gasteiger partial charge in [0.15, 0.2) is 5.82 Å². The normalized spacial score (nSPS) is 10.4. The van der Waals surface area contributed by atoms with Gasteiger partial charge >= 0.3 is 0 Å². The molecule has 21 heavy (non-hydrogen) atoms. The van der Waals surface area contributed by atoms with E-state index in [1.54, 1.807) is 0 Å². The largest absolute Gasteiger partial charge is 0.508 e. The van der Waals surface area contributed by atoms with E-state index in [1.807, 2.05) is 0 Å². The third-order valence-corrected chi connectivity index (χ3v) is 3.12. The first kappa shape index (κ1) is 15.0.